The average molecular weight is 597 g/mol. The van der Waals surface area contributed by atoms with Gasteiger partial charge in [-0.15, -0.1) is 0 Å². The summed E-state index contributed by atoms with van der Waals surface area (Å²) >= 11 is 0. The van der Waals surface area contributed by atoms with Gasteiger partial charge in [0.05, 0.1) is 11.5 Å². The summed E-state index contributed by atoms with van der Waals surface area (Å²) in [5.74, 6) is -0.490. The Bertz CT molecular complexity index is 1080. The summed E-state index contributed by atoms with van der Waals surface area (Å²) in [6.45, 7) is 17.2. The minimum Gasteiger partial charge on any atom is -0.465 e. The Labute approximate surface area is 246 Å². The second-order valence-electron chi connectivity index (χ2n) is 11.5. The van der Waals surface area contributed by atoms with Crippen molar-refractivity contribution in [2.24, 2.45) is 0 Å². The predicted octanol–water partition coefficient (Wildman–Crippen LogP) is 2.24. The van der Waals surface area contributed by atoms with Gasteiger partial charge in [-0.05, 0) is 48.5 Å². The third kappa shape index (κ3) is 11.5. The van der Waals surface area contributed by atoms with Crippen LogP contribution in [0, 0.1) is 10.1 Å². The molecule has 1 aromatic rings. The molecule has 0 aliphatic carbocycles. The number of ether oxygens (including phenoxy) is 3. The van der Waals surface area contributed by atoms with E-state index in [1.807, 2.05) is 20.8 Å². The molecule has 42 heavy (non-hydrogen) atoms. The minimum absolute atomic E-state index is 0.0670. The van der Waals surface area contributed by atoms with Crippen LogP contribution >= 0.6 is 0 Å². The number of aromatic nitrogens is 2. The molecule has 0 atom stereocenters. The topological polar surface area (TPSA) is 182 Å². The normalized spacial score (nSPS) is 15.6. The maximum absolute atomic E-state index is 12.2. The first kappa shape index (κ1) is 34.3. The molecule has 2 saturated heterocycles. The molecule has 236 valence electrons. The van der Waals surface area contributed by atoms with Gasteiger partial charge in [0.25, 0.3) is 0 Å². The molecule has 0 unspecified atom stereocenters. The second-order valence-corrected chi connectivity index (χ2v) is 11.5. The zero-order chi connectivity index (χ0) is 31.5. The van der Waals surface area contributed by atoms with Gasteiger partial charge in [-0.2, -0.15) is 0 Å². The summed E-state index contributed by atoms with van der Waals surface area (Å²) in [5, 5.41) is 17.5. The number of hydrogen-bond donors (Lipinski definition) is 2. The third-order valence-electron chi connectivity index (χ3n) is 5.69. The van der Waals surface area contributed by atoms with Crippen LogP contribution in [0.15, 0.2) is 6.33 Å². The molecule has 3 rings (SSSR count). The van der Waals surface area contributed by atoms with Gasteiger partial charge in [-0.3, -0.25) is 14.9 Å². The summed E-state index contributed by atoms with van der Waals surface area (Å²) in [5.41, 5.74) is -1.32. The Morgan fingerprint density at radius 2 is 1.45 bits per heavy atom. The third-order valence-corrected chi connectivity index (χ3v) is 5.69. The van der Waals surface area contributed by atoms with Crippen molar-refractivity contribution in [3.63, 3.8) is 0 Å². The fourth-order valence-corrected chi connectivity index (χ4v) is 3.87. The number of rotatable bonds is 6. The lowest BCUT2D eigenvalue weighted by Gasteiger charge is -2.35. The largest absolute Gasteiger partial charge is 0.465 e. The van der Waals surface area contributed by atoms with Crippen LogP contribution in [0.2, 0.25) is 0 Å². The lowest BCUT2D eigenvalue weighted by molar-refractivity contribution is -0.383. The van der Waals surface area contributed by atoms with Gasteiger partial charge in [0.2, 0.25) is 11.6 Å². The number of piperazine rings is 2. The van der Waals surface area contributed by atoms with Crippen LogP contribution in [0.1, 0.15) is 48.5 Å². The molecule has 1 aromatic heterocycles. The van der Waals surface area contributed by atoms with Gasteiger partial charge in [0.1, 0.15) is 24.1 Å². The van der Waals surface area contributed by atoms with Gasteiger partial charge in [-0.1, -0.05) is 0 Å². The highest BCUT2D eigenvalue weighted by atomic mass is 16.6. The lowest BCUT2D eigenvalue weighted by Crippen LogP contribution is -2.50. The van der Waals surface area contributed by atoms with Crippen molar-refractivity contribution in [1.29, 1.82) is 0 Å². The number of hydrogen-bond acceptors (Lipinski definition) is 13. The summed E-state index contributed by atoms with van der Waals surface area (Å²) in [6, 6.07) is 0. The number of carbonyl (C=O) groups is 3. The molecule has 2 aliphatic rings. The van der Waals surface area contributed by atoms with Crippen LogP contribution in [0.3, 0.4) is 0 Å². The van der Waals surface area contributed by atoms with E-state index in [4.69, 9.17) is 14.2 Å². The van der Waals surface area contributed by atoms with Crippen molar-refractivity contribution in [3.05, 3.63) is 16.4 Å². The first-order chi connectivity index (χ1) is 19.6. The van der Waals surface area contributed by atoms with E-state index in [2.05, 4.69) is 20.6 Å². The highest BCUT2D eigenvalue weighted by Crippen LogP contribution is 2.32. The molecular formula is C26H44N8O8. The molecule has 2 amide bonds. The fourth-order valence-electron chi connectivity index (χ4n) is 3.87. The van der Waals surface area contributed by atoms with E-state index in [0.29, 0.717) is 26.2 Å². The van der Waals surface area contributed by atoms with Crippen LogP contribution in [-0.2, 0) is 19.0 Å². The first-order valence-electron chi connectivity index (χ1n) is 13.9. The van der Waals surface area contributed by atoms with Gasteiger partial charge in [0, 0.05) is 52.4 Å². The summed E-state index contributed by atoms with van der Waals surface area (Å²) in [4.78, 5) is 59.2. The van der Waals surface area contributed by atoms with E-state index in [-0.39, 0.29) is 42.2 Å². The minimum atomic E-state index is -0.598. The van der Waals surface area contributed by atoms with E-state index in [1.165, 1.54) is 6.33 Å². The summed E-state index contributed by atoms with van der Waals surface area (Å²) < 4.78 is 15.4. The highest BCUT2D eigenvalue weighted by molar-refractivity contribution is 5.78. The molecular weight excluding hydrogens is 552 g/mol. The number of esters is 1. The Morgan fingerprint density at radius 3 is 1.93 bits per heavy atom. The molecule has 0 aromatic carbocycles. The summed E-state index contributed by atoms with van der Waals surface area (Å²) in [6.07, 6.45) is 0.566. The van der Waals surface area contributed by atoms with Crippen LogP contribution in [0.4, 0.5) is 26.9 Å². The van der Waals surface area contributed by atoms with Crippen LogP contribution in [-0.4, -0.2) is 120 Å². The van der Waals surface area contributed by atoms with E-state index < -0.39 is 22.6 Å². The smallest absolute Gasteiger partial charge is 0.410 e. The second kappa shape index (κ2) is 15.3. The van der Waals surface area contributed by atoms with Crippen LogP contribution in [0.25, 0.3) is 0 Å². The van der Waals surface area contributed by atoms with Crippen molar-refractivity contribution < 1.29 is 33.5 Å². The van der Waals surface area contributed by atoms with Crippen LogP contribution < -0.4 is 15.5 Å². The maximum Gasteiger partial charge on any atom is 0.410 e. The highest BCUT2D eigenvalue weighted by Gasteiger charge is 2.32. The quantitative estimate of drug-likeness (QED) is 0.211. The fraction of sp³-hybridized carbons (Fsp3) is 0.731. The first-order valence-corrected chi connectivity index (χ1v) is 13.9. The molecule has 16 nitrogen and oxygen atoms in total. The molecule has 3 heterocycles. The summed E-state index contributed by atoms with van der Waals surface area (Å²) in [7, 11) is 0. The standard InChI is InChI=1S/C17H26N6O6.C9H18N2O2/c1-5-28-12(24)10-18-14-13(23(26)27)15(20-11-19-14)21-6-8-22(9-7-21)16(25)29-17(2,3)4;1-9(2,3)13-8(12)11-6-4-10-5-7-11/h11H,5-10H2,1-4H3,(H,18,19,20);10H,4-7H2,1-3H3. The molecule has 2 aliphatic heterocycles. The Balaban J connectivity index is 0.000000395. The lowest BCUT2D eigenvalue weighted by atomic mass is 10.2. The number of nitrogens with one attached hydrogen (secondary N) is 2. The molecule has 16 heteroatoms. The van der Waals surface area contributed by atoms with E-state index in [9.17, 15) is 24.5 Å². The van der Waals surface area contributed by atoms with Crippen molar-refractivity contribution in [3.8, 4) is 0 Å². The van der Waals surface area contributed by atoms with Crippen molar-refractivity contribution in [1.82, 2.24) is 25.1 Å². The van der Waals surface area contributed by atoms with Gasteiger partial charge < -0.3 is 39.5 Å². The van der Waals surface area contributed by atoms with Crippen molar-refractivity contribution in [2.75, 3.05) is 75.7 Å². The molecule has 0 radical (unpaired) electrons. The Hall–Kier alpha value is -3.95. The zero-order valence-corrected chi connectivity index (χ0v) is 25.6. The van der Waals surface area contributed by atoms with E-state index in [1.54, 1.807) is 42.4 Å². The molecule has 0 saturated carbocycles. The van der Waals surface area contributed by atoms with Gasteiger partial charge >= 0.3 is 23.8 Å². The Kier molecular flexibility index (Phi) is 12.5. The SMILES string of the molecule is CC(C)(C)OC(=O)N1CCNCC1.CCOC(=O)CNc1ncnc(N2CCN(C(=O)OC(C)(C)C)CC2)c1[N+](=O)[O-]. The van der Waals surface area contributed by atoms with E-state index in [0.717, 1.165) is 26.2 Å². The molecule has 2 N–H and O–H groups in total. The average Bonchev–Trinajstić information content (AvgIpc) is 2.91. The number of carbonyl (C=O) groups excluding carboxylic acids is 3. The van der Waals surface area contributed by atoms with Gasteiger partial charge in [-0.25, -0.2) is 19.6 Å². The van der Waals surface area contributed by atoms with Crippen molar-refractivity contribution >= 4 is 35.5 Å². The van der Waals surface area contributed by atoms with Crippen molar-refractivity contribution in [2.45, 2.75) is 59.7 Å². The maximum atomic E-state index is 12.2. The van der Waals surface area contributed by atoms with Crippen LogP contribution in [0.5, 0.6) is 0 Å². The Morgan fingerprint density at radius 1 is 0.929 bits per heavy atom. The zero-order valence-electron chi connectivity index (χ0n) is 25.6. The molecule has 0 bridgehead atoms. The number of nitro groups is 1. The predicted molar refractivity (Wildman–Crippen MR) is 155 cm³/mol. The monoisotopic (exact) mass is 596 g/mol. The number of nitrogens with zero attached hydrogens (tertiary/aromatic N) is 6. The van der Waals surface area contributed by atoms with E-state index >= 15 is 0 Å². The number of amides is 2. The number of anilines is 2. The van der Waals surface area contributed by atoms with Gasteiger partial charge in [0.15, 0.2) is 0 Å². The molecule has 2 fully saturated rings. The molecule has 0 spiro atoms.